The van der Waals surface area contributed by atoms with Gasteiger partial charge < -0.3 is 10.1 Å². The first-order chi connectivity index (χ1) is 12.5. The molecule has 0 heterocycles. The van der Waals surface area contributed by atoms with E-state index < -0.39 is 10.0 Å². The average molecular weight is 391 g/mol. The molecule has 1 amide bonds. The Morgan fingerprint density at radius 2 is 1.56 bits per heavy atom. The standard InChI is InChI=1S/C20H26N2O4S/c1-20(2,3)21-19(23)14-15-22(27(4,24)25)16-10-12-18(13-11-16)26-17-8-6-5-7-9-17/h5-13H,14-15H2,1-4H3,(H,21,23). The monoisotopic (exact) mass is 390 g/mol. The lowest BCUT2D eigenvalue weighted by atomic mass is 10.1. The molecule has 146 valence electrons. The highest BCUT2D eigenvalue weighted by atomic mass is 32.2. The molecule has 0 bridgehead atoms. The normalized spacial score (nSPS) is 11.7. The molecule has 0 aliphatic heterocycles. The van der Waals surface area contributed by atoms with Crippen molar-refractivity contribution in [3.05, 3.63) is 54.6 Å². The Kier molecular flexibility index (Phi) is 6.49. The lowest BCUT2D eigenvalue weighted by Crippen LogP contribution is -2.42. The molecule has 27 heavy (non-hydrogen) atoms. The van der Waals surface area contributed by atoms with E-state index >= 15 is 0 Å². The van der Waals surface area contributed by atoms with Crippen LogP contribution in [0, 0.1) is 0 Å². The minimum Gasteiger partial charge on any atom is -0.457 e. The number of ether oxygens (including phenoxy) is 1. The zero-order chi connectivity index (χ0) is 20.1. The molecule has 0 aliphatic rings. The molecular weight excluding hydrogens is 364 g/mol. The van der Waals surface area contributed by atoms with E-state index in [1.54, 1.807) is 24.3 Å². The Hall–Kier alpha value is -2.54. The molecular formula is C20H26N2O4S. The van der Waals surface area contributed by atoms with E-state index in [0.717, 1.165) is 6.26 Å². The maximum Gasteiger partial charge on any atom is 0.232 e. The summed E-state index contributed by atoms with van der Waals surface area (Å²) in [4.78, 5) is 12.0. The molecule has 0 atom stereocenters. The van der Waals surface area contributed by atoms with Gasteiger partial charge in [0.25, 0.3) is 0 Å². The van der Waals surface area contributed by atoms with E-state index in [4.69, 9.17) is 4.74 Å². The van der Waals surface area contributed by atoms with Gasteiger partial charge in [0.05, 0.1) is 11.9 Å². The Morgan fingerprint density at radius 1 is 1.00 bits per heavy atom. The summed E-state index contributed by atoms with van der Waals surface area (Å²) in [5.74, 6) is 1.10. The first kappa shape index (κ1) is 20.8. The number of sulfonamides is 1. The van der Waals surface area contributed by atoms with Crippen molar-refractivity contribution in [1.29, 1.82) is 0 Å². The number of hydrogen-bond acceptors (Lipinski definition) is 4. The molecule has 0 aromatic heterocycles. The average Bonchev–Trinajstić information content (AvgIpc) is 2.54. The van der Waals surface area contributed by atoms with Gasteiger partial charge in [-0.3, -0.25) is 9.10 Å². The summed E-state index contributed by atoms with van der Waals surface area (Å²) in [5, 5.41) is 2.83. The smallest absolute Gasteiger partial charge is 0.232 e. The minimum atomic E-state index is -3.52. The molecule has 0 fully saturated rings. The largest absolute Gasteiger partial charge is 0.457 e. The summed E-state index contributed by atoms with van der Waals surface area (Å²) in [6.07, 6.45) is 1.20. The molecule has 1 N–H and O–H groups in total. The fourth-order valence-corrected chi connectivity index (χ4v) is 3.40. The number of rotatable bonds is 7. The lowest BCUT2D eigenvalue weighted by molar-refractivity contribution is -0.122. The Morgan fingerprint density at radius 3 is 2.07 bits per heavy atom. The fraction of sp³-hybridized carbons (Fsp3) is 0.350. The van der Waals surface area contributed by atoms with Crippen LogP contribution in [0.5, 0.6) is 11.5 Å². The third-order valence-corrected chi connectivity index (χ3v) is 4.75. The van der Waals surface area contributed by atoms with Gasteiger partial charge in [0.2, 0.25) is 15.9 Å². The number of amides is 1. The van der Waals surface area contributed by atoms with Crippen molar-refractivity contribution >= 4 is 21.6 Å². The van der Waals surface area contributed by atoms with Crippen LogP contribution in [0.2, 0.25) is 0 Å². The fourth-order valence-electron chi connectivity index (χ4n) is 2.48. The summed E-state index contributed by atoms with van der Waals surface area (Å²) in [7, 11) is -3.52. The van der Waals surface area contributed by atoms with Gasteiger partial charge in [-0.15, -0.1) is 0 Å². The number of nitrogens with one attached hydrogen (secondary N) is 1. The molecule has 2 aromatic carbocycles. The summed E-state index contributed by atoms with van der Waals surface area (Å²) in [5.41, 5.74) is 0.130. The van der Waals surface area contributed by atoms with Crippen LogP contribution in [0.25, 0.3) is 0 Å². The summed E-state index contributed by atoms with van der Waals surface area (Å²) >= 11 is 0. The van der Waals surface area contributed by atoms with E-state index in [1.807, 2.05) is 51.1 Å². The zero-order valence-electron chi connectivity index (χ0n) is 16.1. The van der Waals surface area contributed by atoms with E-state index in [1.165, 1.54) is 4.31 Å². The molecule has 6 nitrogen and oxygen atoms in total. The Bertz CT molecular complexity index is 857. The van der Waals surface area contributed by atoms with Gasteiger partial charge >= 0.3 is 0 Å². The van der Waals surface area contributed by atoms with Crippen molar-refractivity contribution in [2.24, 2.45) is 0 Å². The van der Waals surface area contributed by atoms with Crippen LogP contribution in [0.15, 0.2) is 54.6 Å². The van der Waals surface area contributed by atoms with Crippen LogP contribution in [-0.2, 0) is 14.8 Å². The van der Waals surface area contributed by atoms with Crippen molar-refractivity contribution in [2.45, 2.75) is 32.7 Å². The second kappa shape index (κ2) is 8.43. The lowest BCUT2D eigenvalue weighted by Gasteiger charge is -2.24. The maximum atomic E-state index is 12.2. The van der Waals surface area contributed by atoms with Gasteiger partial charge in [-0.1, -0.05) is 18.2 Å². The van der Waals surface area contributed by atoms with Crippen LogP contribution in [0.4, 0.5) is 5.69 Å². The van der Waals surface area contributed by atoms with E-state index in [2.05, 4.69) is 5.32 Å². The molecule has 0 aliphatic carbocycles. The van der Waals surface area contributed by atoms with Gasteiger partial charge in [0, 0.05) is 18.5 Å². The number of para-hydroxylation sites is 1. The van der Waals surface area contributed by atoms with Gasteiger partial charge in [-0.25, -0.2) is 8.42 Å². The predicted molar refractivity (Wildman–Crippen MR) is 108 cm³/mol. The molecule has 0 unspecified atom stereocenters. The number of hydrogen-bond donors (Lipinski definition) is 1. The van der Waals surface area contributed by atoms with Gasteiger partial charge in [0.15, 0.2) is 0 Å². The quantitative estimate of drug-likeness (QED) is 0.784. The number of benzene rings is 2. The number of carbonyl (C=O) groups excluding carboxylic acids is 1. The van der Waals surface area contributed by atoms with Crippen molar-refractivity contribution < 1.29 is 17.9 Å². The van der Waals surface area contributed by atoms with Crippen LogP contribution < -0.4 is 14.4 Å². The maximum absolute atomic E-state index is 12.2. The van der Waals surface area contributed by atoms with Crippen molar-refractivity contribution in [1.82, 2.24) is 5.32 Å². The predicted octanol–water partition coefficient (Wildman–Crippen LogP) is 3.55. The van der Waals surface area contributed by atoms with E-state index in [9.17, 15) is 13.2 Å². The zero-order valence-corrected chi connectivity index (χ0v) is 16.9. The SMILES string of the molecule is CC(C)(C)NC(=O)CCN(c1ccc(Oc2ccccc2)cc1)S(C)(=O)=O. The molecule has 0 spiro atoms. The van der Waals surface area contributed by atoms with Gasteiger partial charge in [-0.2, -0.15) is 0 Å². The minimum absolute atomic E-state index is 0.0691. The van der Waals surface area contributed by atoms with E-state index in [0.29, 0.717) is 17.2 Å². The van der Waals surface area contributed by atoms with E-state index in [-0.39, 0.29) is 24.4 Å². The van der Waals surface area contributed by atoms with Crippen molar-refractivity contribution in [2.75, 3.05) is 17.1 Å². The molecule has 0 saturated heterocycles. The van der Waals surface area contributed by atoms with Crippen LogP contribution in [0.3, 0.4) is 0 Å². The summed E-state index contributed by atoms with van der Waals surface area (Å²) in [6.45, 7) is 5.71. The Labute approximate surface area is 161 Å². The van der Waals surface area contributed by atoms with Crippen molar-refractivity contribution in [3.8, 4) is 11.5 Å². The van der Waals surface area contributed by atoms with Crippen LogP contribution in [0.1, 0.15) is 27.2 Å². The van der Waals surface area contributed by atoms with Gasteiger partial charge in [0.1, 0.15) is 11.5 Å². The van der Waals surface area contributed by atoms with Gasteiger partial charge in [-0.05, 0) is 57.2 Å². The topological polar surface area (TPSA) is 75.7 Å². The number of carbonyl (C=O) groups is 1. The first-order valence-corrected chi connectivity index (χ1v) is 10.5. The second-order valence-corrected chi connectivity index (χ2v) is 9.20. The van der Waals surface area contributed by atoms with Crippen molar-refractivity contribution in [3.63, 3.8) is 0 Å². The van der Waals surface area contributed by atoms with Crippen LogP contribution >= 0.6 is 0 Å². The summed E-state index contributed by atoms with van der Waals surface area (Å²) < 4.78 is 31.3. The third kappa shape index (κ3) is 6.94. The summed E-state index contributed by atoms with van der Waals surface area (Å²) in [6, 6.07) is 16.1. The third-order valence-electron chi connectivity index (χ3n) is 3.56. The number of nitrogens with zero attached hydrogens (tertiary/aromatic N) is 1. The molecule has 0 saturated carbocycles. The second-order valence-electron chi connectivity index (χ2n) is 7.29. The number of anilines is 1. The highest BCUT2D eigenvalue weighted by Gasteiger charge is 2.20. The molecule has 2 rings (SSSR count). The molecule has 7 heteroatoms. The highest BCUT2D eigenvalue weighted by molar-refractivity contribution is 7.92. The molecule has 2 aromatic rings. The van der Waals surface area contributed by atoms with Crippen LogP contribution in [-0.4, -0.2) is 32.7 Å². The first-order valence-electron chi connectivity index (χ1n) is 8.66. The molecule has 0 radical (unpaired) electrons. The highest BCUT2D eigenvalue weighted by Crippen LogP contribution is 2.25. The Balaban J connectivity index is 2.09.